The molecule has 0 radical (unpaired) electrons. The molecule has 2 atom stereocenters. The highest BCUT2D eigenvalue weighted by molar-refractivity contribution is 6.30. The summed E-state index contributed by atoms with van der Waals surface area (Å²) in [7, 11) is 0. The van der Waals surface area contributed by atoms with Gasteiger partial charge in [-0.25, -0.2) is 4.39 Å². The molecule has 0 aromatic heterocycles. The second kappa shape index (κ2) is 10.1. The molecule has 7 heteroatoms. The van der Waals surface area contributed by atoms with Gasteiger partial charge >= 0.3 is 0 Å². The van der Waals surface area contributed by atoms with Crippen LogP contribution in [0.15, 0.2) is 48.5 Å². The minimum absolute atomic E-state index is 0.0596. The van der Waals surface area contributed by atoms with E-state index < -0.39 is 6.10 Å². The van der Waals surface area contributed by atoms with Gasteiger partial charge in [0.2, 0.25) is 0 Å². The van der Waals surface area contributed by atoms with E-state index in [4.69, 9.17) is 16.3 Å². The summed E-state index contributed by atoms with van der Waals surface area (Å²) in [5, 5.41) is 10.5. The highest BCUT2D eigenvalue weighted by Gasteiger charge is 2.31. The quantitative estimate of drug-likeness (QED) is 0.746. The Labute approximate surface area is 175 Å². The lowest BCUT2D eigenvalue weighted by Crippen LogP contribution is -2.56. The molecule has 0 spiro atoms. The standard InChI is InChI=1S/C22H26ClFN2O3/c1-16(27)12-20-14-25(13-17-2-6-19(24)7-3-17)10-11-26(20)22(28)15-29-21-8-4-18(23)5-9-21/h2-9,16,20,27H,10-15H2,1H3. The van der Waals surface area contributed by atoms with E-state index in [2.05, 4.69) is 4.90 Å². The maximum absolute atomic E-state index is 13.1. The summed E-state index contributed by atoms with van der Waals surface area (Å²) in [4.78, 5) is 16.8. The number of ether oxygens (including phenoxy) is 1. The Balaban J connectivity index is 1.59. The van der Waals surface area contributed by atoms with Gasteiger partial charge in [0, 0.05) is 37.2 Å². The Bertz CT molecular complexity index is 799. The van der Waals surface area contributed by atoms with Gasteiger partial charge in [0.15, 0.2) is 6.61 Å². The maximum atomic E-state index is 13.1. The fraction of sp³-hybridized carbons (Fsp3) is 0.409. The third-order valence-corrected chi connectivity index (χ3v) is 5.25. The molecule has 1 amide bonds. The lowest BCUT2D eigenvalue weighted by Gasteiger charge is -2.42. The van der Waals surface area contributed by atoms with E-state index in [1.165, 1.54) is 12.1 Å². The highest BCUT2D eigenvalue weighted by atomic mass is 35.5. The van der Waals surface area contributed by atoms with Crippen molar-refractivity contribution >= 4 is 17.5 Å². The summed E-state index contributed by atoms with van der Waals surface area (Å²) >= 11 is 5.87. The van der Waals surface area contributed by atoms with Crippen LogP contribution in [0.25, 0.3) is 0 Å². The van der Waals surface area contributed by atoms with Crippen LogP contribution in [-0.4, -0.2) is 59.2 Å². The lowest BCUT2D eigenvalue weighted by atomic mass is 10.0. The van der Waals surface area contributed by atoms with Crippen LogP contribution in [-0.2, 0) is 11.3 Å². The van der Waals surface area contributed by atoms with Crippen LogP contribution in [0.4, 0.5) is 4.39 Å². The molecule has 1 saturated heterocycles. The number of carbonyl (C=O) groups excluding carboxylic acids is 1. The second-order valence-electron chi connectivity index (χ2n) is 7.43. The van der Waals surface area contributed by atoms with Crippen molar-refractivity contribution in [2.24, 2.45) is 0 Å². The summed E-state index contributed by atoms with van der Waals surface area (Å²) in [6, 6.07) is 13.2. The number of piperazine rings is 1. The van der Waals surface area contributed by atoms with Crippen molar-refractivity contribution in [3.8, 4) is 5.75 Å². The number of rotatable bonds is 7. The van der Waals surface area contributed by atoms with E-state index in [1.807, 2.05) is 0 Å². The molecule has 1 aliphatic heterocycles. The van der Waals surface area contributed by atoms with Gasteiger partial charge in [-0.1, -0.05) is 23.7 Å². The highest BCUT2D eigenvalue weighted by Crippen LogP contribution is 2.19. The molecule has 1 aliphatic rings. The summed E-state index contributed by atoms with van der Waals surface area (Å²) in [6.45, 7) is 4.26. The Morgan fingerprint density at radius 3 is 2.55 bits per heavy atom. The largest absolute Gasteiger partial charge is 0.484 e. The molecule has 3 rings (SSSR count). The molecule has 0 bridgehead atoms. The third kappa shape index (κ3) is 6.42. The lowest BCUT2D eigenvalue weighted by molar-refractivity contribution is -0.139. The van der Waals surface area contributed by atoms with Crippen LogP contribution < -0.4 is 4.74 Å². The third-order valence-electron chi connectivity index (χ3n) is 5.00. The van der Waals surface area contributed by atoms with Crippen LogP contribution in [0, 0.1) is 5.82 Å². The summed E-state index contributed by atoms with van der Waals surface area (Å²) < 4.78 is 18.7. The van der Waals surface area contributed by atoms with Crippen molar-refractivity contribution < 1.29 is 19.0 Å². The first-order chi connectivity index (χ1) is 13.9. The number of hydrogen-bond donors (Lipinski definition) is 1. The summed E-state index contributed by atoms with van der Waals surface area (Å²) in [5.74, 6) is 0.230. The molecule has 29 heavy (non-hydrogen) atoms. The van der Waals surface area contributed by atoms with Crippen LogP contribution in [0.3, 0.4) is 0 Å². The average molecular weight is 421 g/mol. The molecular formula is C22H26ClFN2O3. The molecule has 0 aliphatic carbocycles. The molecule has 5 nitrogen and oxygen atoms in total. The zero-order valence-electron chi connectivity index (χ0n) is 16.4. The van der Waals surface area contributed by atoms with Gasteiger partial charge in [0.25, 0.3) is 5.91 Å². The number of hydrogen-bond acceptors (Lipinski definition) is 4. The molecule has 2 aromatic rings. The molecule has 1 N–H and O–H groups in total. The second-order valence-corrected chi connectivity index (χ2v) is 7.87. The number of carbonyl (C=O) groups is 1. The van der Waals surface area contributed by atoms with Crippen molar-refractivity contribution in [3.05, 3.63) is 64.9 Å². The molecule has 2 unspecified atom stereocenters. The number of halogens is 2. The predicted molar refractivity (Wildman–Crippen MR) is 110 cm³/mol. The van der Waals surface area contributed by atoms with E-state index in [9.17, 15) is 14.3 Å². The molecule has 1 fully saturated rings. The van der Waals surface area contributed by atoms with E-state index in [0.717, 1.165) is 5.56 Å². The maximum Gasteiger partial charge on any atom is 0.260 e. The van der Waals surface area contributed by atoms with Gasteiger partial charge in [-0.15, -0.1) is 0 Å². The fourth-order valence-electron chi connectivity index (χ4n) is 3.59. The average Bonchev–Trinajstić information content (AvgIpc) is 2.69. The van der Waals surface area contributed by atoms with Crippen LogP contribution >= 0.6 is 11.6 Å². The number of aliphatic hydroxyl groups is 1. The molecule has 1 heterocycles. The van der Waals surface area contributed by atoms with Crippen molar-refractivity contribution in [1.82, 2.24) is 9.80 Å². The Kier molecular flexibility index (Phi) is 7.47. The smallest absolute Gasteiger partial charge is 0.260 e. The SMILES string of the molecule is CC(O)CC1CN(Cc2ccc(F)cc2)CCN1C(=O)COc1ccc(Cl)cc1. The first kappa shape index (κ1) is 21.6. The Morgan fingerprint density at radius 2 is 1.90 bits per heavy atom. The van der Waals surface area contributed by atoms with E-state index in [-0.39, 0.29) is 24.4 Å². The molecule has 2 aromatic carbocycles. The first-order valence-electron chi connectivity index (χ1n) is 9.73. The van der Waals surface area contributed by atoms with Gasteiger partial charge < -0.3 is 14.7 Å². The number of benzene rings is 2. The zero-order chi connectivity index (χ0) is 20.8. The van der Waals surface area contributed by atoms with Crippen molar-refractivity contribution in [2.75, 3.05) is 26.2 Å². The Hall–Kier alpha value is -2.15. The normalized spacial score (nSPS) is 18.5. The topological polar surface area (TPSA) is 53.0 Å². The van der Waals surface area contributed by atoms with Crippen LogP contribution in [0.1, 0.15) is 18.9 Å². The predicted octanol–water partition coefficient (Wildman–Crippen LogP) is 3.34. The van der Waals surface area contributed by atoms with E-state index in [0.29, 0.717) is 43.4 Å². The van der Waals surface area contributed by atoms with E-state index >= 15 is 0 Å². The van der Waals surface area contributed by atoms with Gasteiger partial charge in [-0.05, 0) is 55.3 Å². The van der Waals surface area contributed by atoms with Gasteiger partial charge in [-0.2, -0.15) is 0 Å². The van der Waals surface area contributed by atoms with Crippen molar-refractivity contribution in [1.29, 1.82) is 0 Å². The number of amides is 1. The fourth-order valence-corrected chi connectivity index (χ4v) is 3.72. The first-order valence-corrected chi connectivity index (χ1v) is 10.1. The van der Waals surface area contributed by atoms with Crippen LogP contribution in [0.2, 0.25) is 5.02 Å². The van der Waals surface area contributed by atoms with Gasteiger partial charge in [0.05, 0.1) is 6.10 Å². The summed E-state index contributed by atoms with van der Waals surface area (Å²) in [5.41, 5.74) is 1.02. The van der Waals surface area contributed by atoms with E-state index in [1.54, 1.807) is 48.2 Å². The van der Waals surface area contributed by atoms with Crippen LogP contribution in [0.5, 0.6) is 5.75 Å². The molecule has 156 valence electrons. The molecular weight excluding hydrogens is 395 g/mol. The van der Waals surface area contributed by atoms with Gasteiger partial charge in [0.1, 0.15) is 11.6 Å². The summed E-state index contributed by atoms with van der Waals surface area (Å²) in [6.07, 6.45) is -0.0228. The minimum atomic E-state index is -0.516. The monoisotopic (exact) mass is 420 g/mol. The zero-order valence-corrected chi connectivity index (χ0v) is 17.2. The minimum Gasteiger partial charge on any atom is -0.484 e. The van der Waals surface area contributed by atoms with Gasteiger partial charge in [-0.3, -0.25) is 9.69 Å². The number of nitrogens with zero attached hydrogens (tertiary/aromatic N) is 2. The van der Waals surface area contributed by atoms with Crippen molar-refractivity contribution in [3.63, 3.8) is 0 Å². The Morgan fingerprint density at radius 1 is 1.21 bits per heavy atom. The molecule has 0 saturated carbocycles. The number of aliphatic hydroxyl groups excluding tert-OH is 1. The van der Waals surface area contributed by atoms with Crippen molar-refractivity contribution in [2.45, 2.75) is 32.0 Å².